The van der Waals surface area contributed by atoms with Crippen LogP contribution in [0.4, 0.5) is 11.4 Å². The van der Waals surface area contributed by atoms with E-state index in [1.54, 1.807) is 29.1 Å². The van der Waals surface area contributed by atoms with Crippen LogP contribution in [0.5, 0.6) is 0 Å². The number of carbonyl (C=O) groups is 1. The molecule has 1 aliphatic rings. The van der Waals surface area contributed by atoms with Crippen LogP contribution in [0.15, 0.2) is 42.7 Å². The lowest BCUT2D eigenvalue weighted by Crippen LogP contribution is -2.55. The lowest BCUT2D eigenvalue weighted by atomic mass is 9.87. The molecule has 9 nitrogen and oxygen atoms in total. The van der Waals surface area contributed by atoms with Crippen molar-refractivity contribution in [1.29, 1.82) is 0 Å². The summed E-state index contributed by atoms with van der Waals surface area (Å²) in [4.78, 5) is 23.5. The third kappa shape index (κ3) is 4.55. The van der Waals surface area contributed by atoms with Gasteiger partial charge in [-0.25, -0.2) is 0 Å². The number of benzene rings is 1. The van der Waals surface area contributed by atoms with Gasteiger partial charge in [0.15, 0.2) is 0 Å². The standard InChI is InChI=1S/C17H22N6O3.ClH/c24-16(17(6-9-18-10-7-17)22-13-3-8-21-22)20-12-11-19-14-4-1-2-5-15(14)23(25)26;/h1-5,8,13,18-19H,6-7,9-12H2,(H,20,24);1H. The zero-order valence-electron chi connectivity index (χ0n) is 14.8. The molecule has 3 N–H and O–H groups in total. The van der Waals surface area contributed by atoms with Crippen molar-refractivity contribution in [3.8, 4) is 0 Å². The Bertz CT molecular complexity index is 762. The Hall–Kier alpha value is -2.65. The molecular formula is C17H23ClN6O3. The van der Waals surface area contributed by atoms with Crippen molar-refractivity contribution in [2.75, 3.05) is 31.5 Å². The Balaban J connectivity index is 0.00000261. The Labute approximate surface area is 163 Å². The molecule has 3 rings (SSSR count). The van der Waals surface area contributed by atoms with Crippen molar-refractivity contribution in [2.24, 2.45) is 0 Å². The monoisotopic (exact) mass is 394 g/mol. The molecule has 1 fully saturated rings. The number of nitrogens with zero attached hydrogens (tertiary/aromatic N) is 3. The van der Waals surface area contributed by atoms with Crippen LogP contribution >= 0.6 is 12.4 Å². The van der Waals surface area contributed by atoms with Crippen LogP contribution in [0.3, 0.4) is 0 Å². The predicted molar refractivity (Wildman–Crippen MR) is 104 cm³/mol. The van der Waals surface area contributed by atoms with Gasteiger partial charge in [-0.3, -0.25) is 19.6 Å². The molecule has 1 aromatic carbocycles. The summed E-state index contributed by atoms with van der Waals surface area (Å²) in [7, 11) is 0. The summed E-state index contributed by atoms with van der Waals surface area (Å²) >= 11 is 0. The van der Waals surface area contributed by atoms with Gasteiger partial charge in [-0.2, -0.15) is 5.10 Å². The number of nitro groups is 1. The second-order valence-electron chi connectivity index (χ2n) is 6.19. The van der Waals surface area contributed by atoms with Gasteiger partial charge in [-0.15, -0.1) is 12.4 Å². The summed E-state index contributed by atoms with van der Waals surface area (Å²) in [5.41, 5.74) is -0.228. The number of hydrogen-bond acceptors (Lipinski definition) is 6. The fourth-order valence-corrected chi connectivity index (χ4v) is 3.24. The molecule has 0 unspecified atom stereocenters. The van der Waals surface area contributed by atoms with Gasteiger partial charge in [-0.05, 0) is 38.1 Å². The molecule has 27 heavy (non-hydrogen) atoms. The lowest BCUT2D eigenvalue weighted by Gasteiger charge is -2.36. The van der Waals surface area contributed by atoms with E-state index >= 15 is 0 Å². The van der Waals surface area contributed by atoms with Gasteiger partial charge in [0.25, 0.3) is 5.69 Å². The highest BCUT2D eigenvalue weighted by Gasteiger charge is 2.41. The third-order valence-electron chi connectivity index (χ3n) is 4.62. The maximum absolute atomic E-state index is 12.9. The average Bonchev–Trinajstić information content (AvgIpc) is 3.21. The number of para-hydroxylation sites is 2. The summed E-state index contributed by atoms with van der Waals surface area (Å²) in [6.45, 7) is 2.26. The molecule has 0 spiro atoms. The van der Waals surface area contributed by atoms with E-state index in [9.17, 15) is 14.9 Å². The Morgan fingerprint density at radius 2 is 2.00 bits per heavy atom. The van der Waals surface area contributed by atoms with Gasteiger partial charge >= 0.3 is 0 Å². The molecule has 10 heteroatoms. The first-order valence-electron chi connectivity index (χ1n) is 8.60. The largest absolute Gasteiger partial charge is 0.378 e. The average molecular weight is 395 g/mol. The van der Waals surface area contributed by atoms with Crippen molar-refractivity contribution in [2.45, 2.75) is 18.4 Å². The van der Waals surface area contributed by atoms with E-state index < -0.39 is 10.5 Å². The molecule has 1 saturated heterocycles. The molecule has 1 amide bonds. The molecule has 2 aromatic rings. The zero-order chi connectivity index (χ0) is 18.4. The third-order valence-corrected chi connectivity index (χ3v) is 4.62. The van der Waals surface area contributed by atoms with E-state index in [0.717, 1.165) is 13.1 Å². The summed E-state index contributed by atoms with van der Waals surface area (Å²) < 4.78 is 1.73. The normalized spacial score (nSPS) is 15.4. The van der Waals surface area contributed by atoms with Gasteiger partial charge in [-0.1, -0.05) is 12.1 Å². The first-order valence-corrected chi connectivity index (χ1v) is 8.60. The number of piperidine rings is 1. The summed E-state index contributed by atoms with van der Waals surface area (Å²) in [5, 5.41) is 24.5. The minimum atomic E-state index is -0.687. The molecule has 0 saturated carbocycles. The van der Waals surface area contributed by atoms with Gasteiger partial charge in [0.2, 0.25) is 5.91 Å². The van der Waals surface area contributed by atoms with Crippen LogP contribution in [0.1, 0.15) is 12.8 Å². The fraction of sp³-hybridized carbons (Fsp3) is 0.412. The minimum Gasteiger partial charge on any atom is -0.378 e. The number of aromatic nitrogens is 2. The van der Waals surface area contributed by atoms with E-state index in [1.807, 2.05) is 12.3 Å². The van der Waals surface area contributed by atoms with Gasteiger partial charge < -0.3 is 16.0 Å². The second-order valence-corrected chi connectivity index (χ2v) is 6.19. The Morgan fingerprint density at radius 3 is 2.67 bits per heavy atom. The van der Waals surface area contributed by atoms with E-state index in [-0.39, 0.29) is 24.0 Å². The number of anilines is 1. The SMILES string of the molecule is Cl.O=C(NCCNc1ccccc1[N+](=O)[O-])C1(n2cccn2)CCNCC1. The maximum Gasteiger partial charge on any atom is 0.292 e. The predicted octanol–water partition coefficient (Wildman–Crippen LogP) is 1.52. The highest BCUT2D eigenvalue weighted by Crippen LogP contribution is 2.27. The number of hydrogen-bond donors (Lipinski definition) is 3. The number of nitro benzene ring substituents is 1. The van der Waals surface area contributed by atoms with E-state index in [1.165, 1.54) is 6.07 Å². The van der Waals surface area contributed by atoms with Gasteiger partial charge in [0.1, 0.15) is 11.2 Å². The van der Waals surface area contributed by atoms with E-state index in [4.69, 9.17) is 0 Å². The maximum atomic E-state index is 12.9. The smallest absolute Gasteiger partial charge is 0.292 e. The number of rotatable bonds is 7. The summed E-state index contributed by atoms with van der Waals surface area (Å²) in [6, 6.07) is 8.26. The molecular weight excluding hydrogens is 372 g/mol. The van der Waals surface area contributed by atoms with Crippen molar-refractivity contribution in [1.82, 2.24) is 20.4 Å². The Kier molecular flexibility index (Phi) is 7.14. The highest BCUT2D eigenvalue weighted by molar-refractivity contribution is 5.85. The van der Waals surface area contributed by atoms with Gasteiger partial charge in [0, 0.05) is 31.5 Å². The van der Waals surface area contributed by atoms with Crippen molar-refractivity contribution in [3.63, 3.8) is 0 Å². The van der Waals surface area contributed by atoms with Gasteiger partial charge in [0.05, 0.1) is 4.92 Å². The van der Waals surface area contributed by atoms with Crippen LogP contribution < -0.4 is 16.0 Å². The molecule has 0 bridgehead atoms. The highest BCUT2D eigenvalue weighted by atomic mass is 35.5. The van der Waals surface area contributed by atoms with Crippen LogP contribution in [0, 0.1) is 10.1 Å². The minimum absolute atomic E-state index is 0. The lowest BCUT2D eigenvalue weighted by molar-refractivity contribution is -0.384. The fourth-order valence-electron chi connectivity index (χ4n) is 3.24. The molecule has 146 valence electrons. The Morgan fingerprint density at radius 1 is 1.26 bits per heavy atom. The van der Waals surface area contributed by atoms with Crippen LogP contribution in [-0.4, -0.2) is 46.8 Å². The van der Waals surface area contributed by atoms with Crippen LogP contribution in [-0.2, 0) is 10.3 Å². The second kappa shape index (κ2) is 9.33. The number of amides is 1. The molecule has 1 aliphatic heterocycles. The summed E-state index contributed by atoms with van der Waals surface area (Å²) in [5.74, 6) is -0.0768. The number of carbonyl (C=O) groups excluding carboxylic acids is 1. The first kappa shape index (κ1) is 20.7. The molecule has 0 radical (unpaired) electrons. The van der Waals surface area contributed by atoms with E-state index in [0.29, 0.717) is 31.6 Å². The zero-order valence-corrected chi connectivity index (χ0v) is 15.6. The molecule has 2 heterocycles. The molecule has 1 aromatic heterocycles. The quantitative estimate of drug-likeness (QED) is 0.372. The summed E-state index contributed by atoms with van der Waals surface area (Å²) in [6.07, 6.45) is 4.82. The van der Waals surface area contributed by atoms with Crippen LogP contribution in [0.2, 0.25) is 0 Å². The van der Waals surface area contributed by atoms with Crippen molar-refractivity contribution < 1.29 is 9.72 Å². The van der Waals surface area contributed by atoms with E-state index in [2.05, 4.69) is 21.0 Å². The topological polar surface area (TPSA) is 114 Å². The number of nitrogens with one attached hydrogen (secondary N) is 3. The number of halogens is 1. The molecule has 0 atom stereocenters. The molecule has 0 aliphatic carbocycles. The first-order chi connectivity index (χ1) is 12.6. The van der Waals surface area contributed by atoms with Crippen molar-refractivity contribution in [3.05, 3.63) is 52.8 Å². The van der Waals surface area contributed by atoms with Crippen molar-refractivity contribution >= 4 is 29.7 Å². The van der Waals surface area contributed by atoms with Crippen LogP contribution in [0.25, 0.3) is 0 Å².